The zero-order valence-electron chi connectivity index (χ0n) is 10.8. The number of aliphatic hydroxyl groups is 1. The summed E-state index contributed by atoms with van der Waals surface area (Å²) in [5, 5.41) is 10.7. The van der Waals surface area contributed by atoms with Crippen LogP contribution in [0.1, 0.15) is 23.7 Å². The van der Waals surface area contributed by atoms with Gasteiger partial charge in [0.2, 0.25) is 0 Å². The van der Waals surface area contributed by atoms with Crippen LogP contribution in [0.5, 0.6) is 5.75 Å². The van der Waals surface area contributed by atoms with Gasteiger partial charge in [-0.2, -0.15) is 0 Å². The normalized spacial score (nSPS) is 12.2. The van der Waals surface area contributed by atoms with Gasteiger partial charge in [-0.25, -0.2) is 0 Å². The Bertz CT molecular complexity index is 523. The summed E-state index contributed by atoms with van der Waals surface area (Å²) >= 11 is 5.81. The maximum atomic E-state index is 10.0. The molecule has 0 fully saturated rings. The molecule has 0 aliphatic rings. The minimum atomic E-state index is -0.526. The van der Waals surface area contributed by atoms with Crippen molar-refractivity contribution in [3.8, 4) is 5.75 Å². The number of ether oxygens (including phenoxy) is 1. The summed E-state index contributed by atoms with van der Waals surface area (Å²) in [4.78, 5) is 0. The van der Waals surface area contributed by atoms with Gasteiger partial charge in [-0.05, 0) is 42.3 Å². The van der Waals surface area contributed by atoms with E-state index in [0.29, 0.717) is 18.1 Å². The lowest BCUT2D eigenvalue weighted by atomic mass is 10.1. The lowest BCUT2D eigenvalue weighted by Crippen LogP contribution is -2.05. The molecule has 0 saturated heterocycles. The molecule has 2 aromatic carbocycles. The van der Waals surface area contributed by atoms with Crippen LogP contribution in [-0.4, -0.2) is 11.7 Å². The highest BCUT2D eigenvalue weighted by Crippen LogP contribution is 2.20. The minimum absolute atomic E-state index is 0.479. The number of hydrogen-bond acceptors (Lipinski definition) is 2. The van der Waals surface area contributed by atoms with Gasteiger partial charge in [-0.3, -0.25) is 0 Å². The van der Waals surface area contributed by atoms with E-state index in [1.807, 2.05) is 43.3 Å². The Morgan fingerprint density at radius 1 is 1.16 bits per heavy atom. The average Bonchev–Trinajstić information content (AvgIpc) is 2.39. The van der Waals surface area contributed by atoms with Crippen LogP contribution >= 0.6 is 11.6 Å². The molecule has 0 aliphatic carbocycles. The zero-order chi connectivity index (χ0) is 13.7. The number of hydrogen-bond donors (Lipinski definition) is 1. The van der Waals surface area contributed by atoms with Crippen molar-refractivity contribution in [3.05, 3.63) is 64.7 Å². The summed E-state index contributed by atoms with van der Waals surface area (Å²) in [5.41, 5.74) is 2.02. The molecular weight excluding hydrogens is 260 g/mol. The summed E-state index contributed by atoms with van der Waals surface area (Å²) in [7, 11) is 0. The number of aryl methyl sites for hydroxylation is 1. The van der Waals surface area contributed by atoms with Crippen molar-refractivity contribution >= 4 is 11.6 Å². The number of rotatable bonds is 5. The first-order valence-corrected chi connectivity index (χ1v) is 6.66. The fourth-order valence-electron chi connectivity index (χ4n) is 1.85. The predicted molar refractivity (Wildman–Crippen MR) is 77.7 cm³/mol. The maximum Gasteiger partial charge on any atom is 0.119 e. The Hall–Kier alpha value is -1.51. The molecule has 0 amide bonds. The molecule has 0 radical (unpaired) electrons. The van der Waals surface area contributed by atoms with E-state index in [2.05, 4.69) is 0 Å². The van der Waals surface area contributed by atoms with Crippen molar-refractivity contribution in [2.45, 2.75) is 19.4 Å². The fraction of sp³-hybridized carbons (Fsp3) is 0.250. The highest BCUT2D eigenvalue weighted by atomic mass is 35.5. The van der Waals surface area contributed by atoms with Gasteiger partial charge in [0, 0.05) is 11.4 Å². The SMILES string of the molecule is Cc1cccc(OCCC(O)c2ccc(Cl)cc2)c1. The molecule has 0 spiro atoms. The average molecular weight is 277 g/mol. The van der Waals surface area contributed by atoms with Crippen molar-refractivity contribution in [3.63, 3.8) is 0 Å². The Kier molecular flexibility index (Phi) is 4.83. The molecule has 2 nitrogen and oxygen atoms in total. The summed E-state index contributed by atoms with van der Waals surface area (Å²) in [6.45, 7) is 2.50. The van der Waals surface area contributed by atoms with Gasteiger partial charge in [0.1, 0.15) is 5.75 Å². The largest absolute Gasteiger partial charge is 0.493 e. The summed E-state index contributed by atoms with van der Waals surface area (Å²) in [5.74, 6) is 0.836. The van der Waals surface area contributed by atoms with E-state index in [1.165, 1.54) is 0 Å². The quantitative estimate of drug-likeness (QED) is 0.889. The molecule has 1 N–H and O–H groups in total. The molecule has 0 aliphatic heterocycles. The highest BCUT2D eigenvalue weighted by Gasteiger charge is 2.07. The van der Waals surface area contributed by atoms with Gasteiger partial charge >= 0.3 is 0 Å². The smallest absolute Gasteiger partial charge is 0.119 e. The van der Waals surface area contributed by atoms with E-state index in [-0.39, 0.29) is 0 Å². The van der Waals surface area contributed by atoms with Crippen LogP contribution in [0.4, 0.5) is 0 Å². The van der Waals surface area contributed by atoms with Crippen LogP contribution in [-0.2, 0) is 0 Å². The van der Waals surface area contributed by atoms with Crippen LogP contribution in [0.25, 0.3) is 0 Å². The molecule has 0 saturated carbocycles. The van der Waals surface area contributed by atoms with Crippen molar-refractivity contribution in [1.29, 1.82) is 0 Å². The number of halogens is 1. The first-order chi connectivity index (χ1) is 9.15. The first kappa shape index (κ1) is 13.9. The minimum Gasteiger partial charge on any atom is -0.493 e. The molecule has 0 heterocycles. The molecule has 0 bridgehead atoms. The zero-order valence-corrected chi connectivity index (χ0v) is 11.6. The Balaban J connectivity index is 1.84. The first-order valence-electron chi connectivity index (χ1n) is 6.28. The second-order valence-corrected chi connectivity index (χ2v) is 4.96. The van der Waals surface area contributed by atoms with Gasteiger partial charge in [0.05, 0.1) is 12.7 Å². The molecule has 2 aromatic rings. The summed E-state index contributed by atoms with van der Waals surface area (Å²) < 4.78 is 5.62. The summed E-state index contributed by atoms with van der Waals surface area (Å²) in [6.07, 6.45) is 0.0253. The third kappa shape index (κ3) is 4.27. The highest BCUT2D eigenvalue weighted by molar-refractivity contribution is 6.30. The van der Waals surface area contributed by atoms with E-state index in [1.54, 1.807) is 12.1 Å². The van der Waals surface area contributed by atoms with E-state index in [4.69, 9.17) is 16.3 Å². The van der Waals surface area contributed by atoms with E-state index in [0.717, 1.165) is 16.9 Å². The van der Waals surface area contributed by atoms with Crippen LogP contribution in [0.15, 0.2) is 48.5 Å². The van der Waals surface area contributed by atoms with Gasteiger partial charge in [-0.15, -0.1) is 0 Å². The van der Waals surface area contributed by atoms with Gasteiger partial charge in [-0.1, -0.05) is 35.9 Å². The topological polar surface area (TPSA) is 29.5 Å². The van der Waals surface area contributed by atoms with E-state index >= 15 is 0 Å². The second-order valence-electron chi connectivity index (χ2n) is 4.52. The van der Waals surface area contributed by atoms with Crippen LogP contribution < -0.4 is 4.74 Å². The number of benzene rings is 2. The van der Waals surface area contributed by atoms with Gasteiger partial charge in [0.25, 0.3) is 0 Å². The monoisotopic (exact) mass is 276 g/mol. The van der Waals surface area contributed by atoms with Gasteiger partial charge in [0.15, 0.2) is 0 Å². The van der Waals surface area contributed by atoms with E-state index < -0.39 is 6.10 Å². The Morgan fingerprint density at radius 3 is 2.58 bits per heavy atom. The fourth-order valence-corrected chi connectivity index (χ4v) is 1.97. The molecule has 1 unspecified atom stereocenters. The Morgan fingerprint density at radius 2 is 1.89 bits per heavy atom. The molecule has 100 valence electrons. The lowest BCUT2D eigenvalue weighted by molar-refractivity contribution is 0.141. The standard InChI is InChI=1S/C16H17ClO2/c1-12-3-2-4-15(11-12)19-10-9-16(18)13-5-7-14(17)8-6-13/h2-8,11,16,18H,9-10H2,1H3. The molecule has 0 aromatic heterocycles. The van der Waals surface area contributed by atoms with Crippen molar-refractivity contribution in [1.82, 2.24) is 0 Å². The molecule has 19 heavy (non-hydrogen) atoms. The predicted octanol–water partition coefficient (Wildman–Crippen LogP) is 4.15. The van der Waals surface area contributed by atoms with E-state index in [9.17, 15) is 5.11 Å². The van der Waals surface area contributed by atoms with Crippen LogP contribution in [0.2, 0.25) is 5.02 Å². The van der Waals surface area contributed by atoms with Crippen molar-refractivity contribution in [2.75, 3.05) is 6.61 Å². The second kappa shape index (κ2) is 6.60. The molecule has 3 heteroatoms. The van der Waals surface area contributed by atoms with Crippen LogP contribution in [0.3, 0.4) is 0 Å². The Labute approximate surface area is 118 Å². The molecular formula is C16H17ClO2. The third-order valence-corrected chi connectivity index (χ3v) is 3.16. The van der Waals surface area contributed by atoms with Crippen molar-refractivity contribution in [2.24, 2.45) is 0 Å². The molecule has 2 rings (SSSR count). The summed E-state index contributed by atoms with van der Waals surface area (Å²) in [6, 6.07) is 15.1. The number of aliphatic hydroxyl groups excluding tert-OH is 1. The van der Waals surface area contributed by atoms with Gasteiger partial charge < -0.3 is 9.84 Å². The van der Waals surface area contributed by atoms with Crippen molar-refractivity contribution < 1.29 is 9.84 Å². The van der Waals surface area contributed by atoms with Crippen LogP contribution in [0, 0.1) is 6.92 Å². The molecule has 1 atom stereocenters. The maximum absolute atomic E-state index is 10.0. The third-order valence-electron chi connectivity index (χ3n) is 2.90. The lowest BCUT2D eigenvalue weighted by Gasteiger charge is -2.12.